The second-order valence-electron chi connectivity index (χ2n) is 5.27. The van der Waals surface area contributed by atoms with Gasteiger partial charge in [0.2, 0.25) is 11.8 Å². The van der Waals surface area contributed by atoms with Crippen molar-refractivity contribution >= 4 is 34.8 Å². The van der Waals surface area contributed by atoms with E-state index in [1.54, 1.807) is 24.3 Å². The van der Waals surface area contributed by atoms with Crippen LogP contribution in [0.2, 0.25) is 0 Å². The fourth-order valence-corrected chi connectivity index (χ4v) is 1.44. The van der Waals surface area contributed by atoms with Crippen molar-refractivity contribution in [1.82, 2.24) is 0 Å². The van der Waals surface area contributed by atoms with Gasteiger partial charge in [-0.25, -0.2) is 0 Å². The Bertz CT molecular complexity index is 450. The number of amides is 2. The summed E-state index contributed by atoms with van der Waals surface area (Å²) in [5, 5.41) is 5.53. The first kappa shape index (κ1) is 15.5. The lowest BCUT2D eigenvalue weighted by Gasteiger charge is -2.17. The largest absolute Gasteiger partial charge is 0.326 e. The van der Waals surface area contributed by atoms with Crippen molar-refractivity contribution in [2.24, 2.45) is 5.41 Å². The summed E-state index contributed by atoms with van der Waals surface area (Å²) in [6, 6.07) is 6.98. The van der Waals surface area contributed by atoms with Crippen LogP contribution in [-0.4, -0.2) is 17.7 Å². The lowest BCUT2D eigenvalue weighted by atomic mass is 9.95. The second kappa shape index (κ2) is 6.57. The van der Waals surface area contributed by atoms with Crippen LogP contribution in [0.15, 0.2) is 24.3 Å². The lowest BCUT2D eigenvalue weighted by molar-refractivity contribution is -0.123. The van der Waals surface area contributed by atoms with Crippen molar-refractivity contribution in [1.29, 1.82) is 0 Å². The maximum Gasteiger partial charge on any atom is 0.229 e. The van der Waals surface area contributed by atoms with E-state index in [-0.39, 0.29) is 18.2 Å². The Morgan fingerprint density at radius 3 is 1.95 bits per heavy atom. The zero-order valence-electron chi connectivity index (χ0n) is 11.4. The number of anilines is 2. The molecule has 1 aromatic carbocycles. The molecule has 0 saturated heterocycles. The molecule has 0 bridgehead atoms. The topological polar surface area (TPSA) is 58.2 Å². The summed E-state index contributed by atoms with van der Waals surface area (Å²) in [6.45, 7) is 5.55. The molecule has 2 N–H and O–H groups in total. The van der Waals surface area contributed by atoms with Crippen molar-refractivity contribution in [2.45, 2.75) is 27.2 Å². The van der Waals surface area contributed by atoms with E-state index in [4.69, 9.17) is 11.6 Å². The van der Waals surface area contributed by atoms with Gasteiger partial charge in [0, 0.05) is 29.1 Å². The van der Waals surface area contributed by atoms with Crippen LogP contribution in [0.25, 0.3) is 0 Å². The summed E-state index contributed by atoms with van der Waals surface area (Å²) in [4.78, 5) is 23.1. The maximum absolute atomic E-state index is 11.8. The zero-order valence-corrected chi connectivity index (χ0v) is 12.2. The average molecular weight is 283 g/mol. The van der Waals surface area contributed by atoms with Gasteiger partial charge in [0.05, 0.1) is 0 Å². The summed E-state index contributed by atoms with van der Waals surface area (Å²) in [6.07, 6.45) is 0.282. The molecule has 1 rings (SSSR count). The van der Waals surface area contributed by atoms with Gasteiger partial charge >= 0.3 is 0 Å². The molecule has 0 aliphatic rings. The summed E-state index contributed by atoms with van der Waals surface area (Å²) >= 11 is 5.48. The van der Waals surface area contributed by atoms with Crippen LogP contribution in [0.4, 0.5) is 11.4 Å². The van der Waals surface area contributed by atoms with E-state index in [9.17, 15) is 9.59 Å². The van der Waals surface area contributed by atoms with Crippen LogP contribution in [0.1, 0.15) is 27.2 Å². The molecule has 0 heterocycles. The summed E-state index contributed by atoms with van der Waals surface area (Å²) < 4.78 is 0. The minimum Gasteiger partial charge on any atom is -0.326 e. The van der Waals surface area contributed by atoms with E-state index in [0.717, 1.165) is 0 Å². The number of nitrogens with one attached hydrogen (secondary N) is 2. The van der Waals surface area contributed by atoms with Gasteiger partial charge in [-0.15, -0.1) is 11.6 Å². The van der Waals surface area contributed by atoms with Gasteiger partial charge in [-0.2, -0.15) is 0 Å². The van der Waals surface area contributed by atoms with Gasteiger partial charge in [0.15, 0.2) is 0 Å². The molecule has 1 aromatic rings. The number of rotatable bonds is 4. The van der Waals surface area contributed by atoms with E-state index in [1.807, 2.05) is 20.8 Å². The molecule has 0 fully saturated rings. The molecule has 4 nitrogen and oxygen atoms in total. The molecule has 104 valence electrons. The highest BCUT2D eigenvalue weighted by Crippen LogP contribution is 2.19. The van der Waals surface area contributed by atoms with E-state index in [1.165, 1.54) is 0 Å². The standard InChI is InChI=1S/C14H19ClN2O2/c1-14(2,3)13(19)17-11-6-4-10(5-7-11)16-12(18)8-9-15/h4-7H,8-9H2,1-3H3,(H,16,18)(H,17,19). The molecular formula is C14H19ClN2O2. The first-order valence-electron chi connectivity index (χ1n) is 6.10. The number of alkyl halides is 1. The van der Waals surface area contributed by atoms with E-state index in [0.29, 0.717) is 17.3 Å². The quantitative estimate of drug-likeness (QED) is 0.833. The van der Waals surface area contributed by atoms with Crippen LogP contribution >= 0.6 is 11.6 Å². The van der Waals surface area contributed by atoms with Gasteiger partial charge in [0.1, 0.15) is 0 Å². The van der Waals surface area contributed by atoms with Gasteiger partial charge < -0.3 is 10.6 Å². The smallest absolute Gasteiger partial charge is 0.229 e. The monoisotopic (exact) mass is 282 g/mol. The van der Waals surface area contributed by atoms with Crippen molar-refractivity contribution in [3.8, 4) is 0 Å². The maximum atomic E-state index is 11.8. The normalized spacial score (nSPS) is 10.9. The number of hydrogen-bond acceptors (Lipinski definition) is 2. The third-order valence-corrected chi connectivity index (χ3v) is 2.62. The Labute approximate surface area is 118 Å². The SMILES string of the molecule is CC(C)(C)C(=O)Nc1ccc(NC(=O)CCCl)cc1. The summed E-state index contributed by atoms with van der Waals surface area (Å²) in [5.74, 6) is 0.124. The van der Waals surface area contributed by atoms with Gasteiger partial charge in [-0.3, -0.25) is 9.59 Å². The first-order valence-corrected chi connectivity index (χ1v) is 6.63. The molecule has 5 heteroatoms. The second-order valence-corrected chi connectivity index (χ2v) is 5.65. The minimum absolute atomic E-state index is 0.0496. The van der Waals surface area contributed by atoms with E-state index < -0.39 is 5.41 Å². The number of carbonyl (C=O) groups is 2. The first-order chi connectivity index (χ1) is 8.82. The number of halogens is 1. The van der Waals surface area contributed by atoms with Crippen molar-refractivity contribution in [3.05, 3.63) is 24.3 Å². The third kappa shape index (κ3) is 5.30. The van der Waals surface area contributed by atoms with Crippen LogP contribution in [0, 0.1) is 5.41 Å². The molecule has 0 saturated carbocycles. The minimum atomic E-state index is -0.437. The Hall–Kier alpha value is -1.55. The number of carbonyl (C=O) groups excluding carboxylic acids is 2. The molecule has 2 amide bonds. The molecule has 0 spiro atoms. The van der Waals surface area contributed by atoms with Crippen LogP contribution in [-0.2, 0) is 9.59 Å². The molecule has 0 aromatic heterocycles. The Morgan fingerprint density at radius 2 is 1.53 bits per heavy atom. The fourth-order valence-electron chi connectivity index (χ4n) is 1.26. The Kier molecular flexibility index (Phi) is 5.36. The van der Waals surface area contributed by atoms with Gasteiger partial charge in [0.25, 0.3) is 0 Å². The molecule has 0 aliphatic heterocycles. The summed E-state index contributed by atoms with van der Waals surface area (Å²) in [5.41, 5.74) is 0.951. The molecule has 0 atom stereocenters. The number of hydrogen-bond donors (Lipinski definition) is 2. The average Bonchev–Trinajstić information content (AvgIpc) is 2.30. The van der Waals surface area contributed by atoms with Crippen molar-refractivity contribution in [2.75, 3.05) is 16.5 Å². The highest BCUT2D eigenvalue weighted by molar-refractivity contribution is 6.19. The molecular weight excluding hydrogens is 264 g/mol. The molecule has 0 radical (unpaired) electrons. The van der Waals surface area contributed by atoms with E-state index >= 15 is 0 Å². The lowest BCUT2D eigenvalue weighted by Crippen LogP contribution is -2.27. The van der Waals surface area contributed by atoms with Gasteiger partial charge in [-0.05, 0) is 24.3 Å². The Balaban J connectivity index is 2.62. The van der Waals surface area contributed by atoms with E-state index in [2.05, 4.69) is 10.6 Å². The number of benzene rings is 1. The zero-order chi connectivity index (χ0) is 14.5. The summed E-state index contributed by atoms with van der Waals surface area (Å²) in [7, 11) is 0. The van der Waals surface area contributed by atoms with Crippen molar-refractivity contribution < 1.29 is 9.59 Å². The molecule has 0 aliphatic carbocycles. The van der Waals surface area contributed by atoms with Crippen LogP contribution < -0.4 is 10.6 Å². The molecule has 19 heavy (non-hydrogen) atoms. The van der Waals surface area contributed by atoms with Crippen LogP contribution in [0.5, 0.6) is 0 Å². The van der Waals surface area contributed by atoms with Crippen LogP contribution in [0.3, 0.4) is 0 Å². The van der Waals surface area contributed by atoms with Gasteiger partial charge in [-0.1, -0.05) is 20.8 Å². The van der Waals surface area contributed by atoms with Crippen molar-refractivity contribution in [3.63, 3.8) is 0 Å². The third-order valence-electron chi connectivity index (χ3n) is 2.43. The predicted octanol–water partition coefficient (Wildman–Crippen LogP) is 3.24. The Morgan fingerprint density at radius 1 is 1.05 bits per heavy atom. The predicted molar refractivity (Wildman–Crippen MR) is 78.5 cm³/mol. The highest BCUT2D eigenvalue weighted by atomic mass is 35.5. The molecule has 0 unspecified atom stereocenters. The highest BCUT2D eigenvalue weighted by Gasteiger charge is 2.20. The fraction of sp³-hybridized carbons (Fsp3) is 0.429.